The second kappa shape index (κ2) is 3.47. The molecule has 0 fully saturated rings. The number of fused-ring (bicyclic) bond motifs is 1. The summed E-state index contributed by atoms with van der Waals surface area (Å²) in [6.07, 6.45) is 0. The van der Waals surface area contributed by atoms with E-state index in [1.807, 2.05) is 0 Å². The molecule has 1 aliphatic rings. The van der Waals surface area contributed by atoms with Gasteiger partial charge in [0.15, 0.2) is 11.6 Å². The van der Waals surface area contributed by atoms with Gasteiger partial charge in [-0.15, -0.1) is 12.4 Å². The van der Waals surface area contributed by atoms with Gasteiger partial charge in [-0.1, -0.05) is 6.07 Å². The molecule has 72 valence electrons. The Morgan fingerprint density at radius 3 is 2.77 bits per heavy atom. The molecule has 0 saturated carbocycles. The molecule has 0 radical (unpaired) electrons. The van der Waals surface area contributed by atoms with Crippen LogP contribution in [0.1, 0.15) is 11.6 Å². The van der Waals surface area contributed by atoms with E-state index < -0.39 is 11.6 Å². The Bertz CT molecular complexity index is 332. The van der Waals surface area contributed by atoms with E-state index in [-0.39, 0.29) is 30.8 Å². The Morgan fingerprint density at radius 1 is 1.38 bits per heavy atom. The lowest BCUT2D eigenvalue weighted by Crippen LogP contribution is -2.10. The number of benzene rings is 1. The first kappa shape index (κ1) is 10.2. The summed E-state index contributed by atoms with van der Waals surface area (Å²) < 4.78 is 30.4. The first-order chi connectivity index (χ1) is 5.70. The fourth-order valence-electron chi connectivity index (χ4n) is 1.25. The van der Waals surface area contributed by atoms with Crippen LogP contribution in [-0.2, 0) is 0 Å². The maximum absolute atomic E-state index is 12.9. The highest BCUT2D eigenvalue weighted by molar-refractivity contribution is 5.85. The molecular formula is C8H8ClF2NO. The molecule has 2 rings (SSSR count). The third-order valence-electron chi connectivity index (χ3n) is 1.89. The number of hydrogen-bond donors (Lipinski definition) is 1. The molecule has 1 heterocycles. The smallest absolute Gasteiger partial charge is 0.200 e. The minimum atomic E-state index is -0.944. The van der Waals surface area contributed by atoms with Crippen LogP contribution in [0.4, 0.5) is 8.78 Å². The molecule has 0 saturated heterocycles. The minimum absolute atomic E-state index is 0. The van der Waals surface area contributed by atoms with Gasteiger partial charge < -0.3 is 10.5 Å². The van der Waals surface area contributed by atoms with Crippen LogP contribution in [0.2, 0.25) is 0 Å². The van der Waals surface area contributed by atoms with E-state index in [1.165, 1.54) is 6.07 Å². The molecule has 13 heavy (non-hydrogen) atoms. The lowest BCUT2D eigenvalue weighted by Gasteiger charge is -2.00. The zero-order valence-corrected chi connectivity index (χ0v) is 7.41. The molecule has 0 unspecified atom stereocenters. The van der Waals surface area contributed by atoms with Crippen LogP contribution in [0.5, 0.6) is 5.75 Å². The standard InChI is InChI=1S/C8H7F2NO.ClH/c9-5-2-1-4-6(11)3-12-8(4)7(5)10;/h1-2,6H,3,11H2;1H/t6-;/m1./s1. The number of ether oxygens (including phenoxy) is 1. The van der Waals surface area contributed by atoms with Gasteiger partial charge in [0.05, 0.1) is 6.04 Å². The number of halogens is 3. The summed E-state index contributed by atoms with van der Waals surface area (Å²) in [5.41, 5.74) is 6.09. The summed E-state index contributed by atoms with van der Waals surface area (Å²) in [4.78, 5) is 0. The average molecular weight is 208 g/mol. The molecule has 1 aromatic carbocycles. The Balaban J connectivity index is 0.000000845. The Labute approximate surface area is 80.1 Å². The van der Waals surface area contributed by atoms with Gasteiger partial charge in [-0.25, -0.2) is 4.39 Å². The van der Waals surface area contributed by atoms with Crippen molar-refractivity contribution < 1.29 is 13.5 Å². The quantitative estimate of drug-likeness (QED) is 0.704. The molecule has 1 atom stereocenters. The Hall–Kier alpha value is -0.870. The normalized spacial score (nSPS) is 18.8. The van der Waals surface area contributed by atoms with Gasteiger partial charge in [0.25, 0.3) is 0 Å². The Kier molecular flexibility index (Phi) is 2.73. The molecule has 0 spiro atoms. The van der Waals surface area contributed by atoms with E-state index in [2.05, 4.69) is 0 Å². The van der Waals surface area contributed by atoms with E-state index >= 15 is 0 Å². The summed E-state index contributed by atoms with van der Waals surface area (Å²) in [5.74, 6) is -1.88. The molecule has 1 aliphatic heterocycles. The van der Waals surface area contributed by atoms with Gasteiger partial charge in [0, 0.05) is 5.56 Å². The summed E-state index contributed by atoms with van der Waals surface area (Å²) in [6.45, 7) is 0.218. The second-order valence-corrected chi connectivity index (χ2v) is 2.70. The van der Waals surface area contributed by atoms with Crippen LogP contribution in [-0.4, -0.2) is 6.61 Å². The zero-order valence-electron chi connectivity index (χ0n) is 6.59. The van der Waals surface area contributed by atoms with Crippen LogP contribution in [0.15, 0.2) is 12.1 Å². The van der Waals surface area contributed by atoms with Crippen LogP contribution >= 0.6 is 12.4 Å². The highest BCUT2D eigenvalue weighted by atomic mass is 35.5. The molecule has 0 amide bonds. The molecule has 2 nitrogen and oxygen atoms in total. The van der Waals surface area contributed by atoms with Crippen molar-refractivity contribution in [1.82, 2.24) is 0 Å². The topological polar surface area (TPSA) is 35.2 Å². The van der Waals surface area contributed by atoms with Gasteiger partial charge in [-0.2, -0.15) is 4.39 Å². The molecule has 1 aromatic rings. The van der Waals surface area contributed by atoms with Gasteiger partial charge >= 0.3 is 0 Å². The fourth-order valence-corrected chi connectivity index (χ4v) is 1.25. The van der Waals surface area contributed by atoms with Crippen molar-refractivity contribution in [2.45, 2.75) is 6.04 Å². The van der Waals surface area contributed by atoms with Crippen molar-refractivity contribution in [3.8, 4) is 5.75 Å². The maximum atomic E-state index is 12.9. The predicted octanol–water partition coefficient (Wildman–Crippen LogP) is 1.78. The third-order valence-corrected chi connectivity index (χ3v) is 1.89. The molecule has 0 bridgehead atoms. The van der Waals surface area contributed by atoms with E-state index in [0.29, 0.717) is 5.56 Å². The number of rotatable bonds is 0. The van der Waals surface area contributed by atoms with Crippen LogP contribution in [0.25, 0.3) is 0 Å². The SMILES string of the molecule is Cl.N[C@@H]1COc2c1ccc(F)c2F. The van der Waals surface area contributed by atoms with E-state index in [4.69, 9.17) is 10.5 Å². The number of nitrogens with two attached hydrogens (primary N) is 1. The van der Waals surface area contributed by atoms with Crippen LogP contribution < -0.4 is 10.5 Å². The van der Waals surface area contributed by atoms with Crippen molar-refractivity contribution in [3.63, 3.8) is 0 Å². The van der Waals surface area contributed by atoms with Crippen molar-refractivity contribution in [2.75, 3.05) is 6.61 Å². The average Bonchev–Trinajstić information content (AvgIpc) is 2.41. The van der Waals surface area contributed by atoms with E-state index in [0.717, 1.165) is 6.07 Å². The zero-order chi connectivity index (χ0) is 8.72. The molecular weight excluding hydrogens is 200 g/mol. The van der Waals surface area contributed by atoms with Crippen molar-refractivity contribution in [3.05, 3.63) is 29.3 Å². The second-order valence-electron chi connectivity index (χ2n) is 2.70. The summed E-state index contributed by atoms with van der Waals surface area (Å²) in [7, 11) is 0. The summed E-state index contributed by atoms with van der Waals surface area (Å²) >= 11 is 0. The van der Waals surface area contributed by atoms with Gasteiger partial charge in [-0.05, 0) is 6.07 Å². The Morgan fingerprint density at radius 2 is 2.08 bits per heavy atom. The van der Waals surface area contributed by atoms with Crippen LogP contribution in [0, 0.1) is 11.6 Å². The molecule has 0 aromatic heterocycles. The fraction of sp³-hybridized carbons (Fsp3) is 0.250. The van der Waals surface area contributed by atoms with Crippen LogP contribution in [0.3, 0.4) is 0 Å². The van der Waals surface area contributed by atoms with E-state index in [9.17, 15) is 8.78 Å². The molecule has 5 heteroatoms. The molecule has 0 aliphatic carbocycles. The monoisotopic (exact) mass is 207 g/mol. The predicted molar refractivity (Wildman–Crippen MR) is 46.0 cm³/mol. The first-order valence-electron chi connectivity index (χ1n) is 3.56. The number of hydrogen-bond acceptors (Lipinski definition) is 2. The highest BCUT2D eigenvalue weighted by Gasteiger charge is 2.25. The summed E-state index contributed by atoms with van der Waals surface area (Å²) in [5, 5.41) is 0. The van der Waals surface area contributed by atoms with Gasteiger partial charge in [-0.3, -0.25) is 0 Å². The van der Waals surface area contributed by atoms with Crippen molar-refractivity contribution in [1.29, 1.82) is 0 Å². The lowest BCUT2D eigenvalue weighted by molar-refractivity contribution is 0.314. The first-order valence-corrected chi connectivity index (χ1v) is 3.56. The third kappa shape index (κ3) is 1.47. The largest absolute Gasteiger partial charge is 0.488 e. The van der Waals surface area contributed by atoms with E-state index in [1.54, 1.807) is 0 Å². The van der Waals surface area contributed by atoms with Crippen molar-refractivity contribution >= 4 is 12.4 Å². The highest BCUT2D eigenvalue weighted by Crippen LogP contribution is 2.34. The summed E-state index contributed by atoms with van der Waals surface area (Å²) in [6, 6.07) is 2.17. The van der Waals surface area contributed by atoms with Crippen molar-refractivity contribution in [2.24, 2.45) is 5.73 Å². The van der Waals surface area contributed by atoms with Gasteiger partial charge in [0.1, 0.15) is 6.61 Å². The lowest BCUT2D eigenvalue weighted by atomic mass is 10.1. The molecule has 2 N–H and O–H groups in total. The maximum Gasteiger partial charge on any atom is 0.200 e. The van der Waals surface area contributed by atoms with Gasteiger partial charge in [0.2, 0.25) is 5.82 Å². The minimum Gasteiger partial charge on any atom is -0.488 e.